The van der Waals surface area contributed by atoms with Crippen molar-refractivity contribution >= 4 is 17.3 Å². The Morgan fingerprint density at radius 3 is 2.67 bits per heavy atom. The molecule has 1 atom stereocenters. The minimum absolute atomic E-state index is 0.118. The van der Waals surface area contributed by atoms with Gasteiger partial charge in [-0.2, -0.15) is 13.2 Å². The Bertz CT molecular complexity index is 1380. The minimum Gasteiger partial charge on any atom is -0.507 e. The fraction of sp³-hybridized carbons (Fsp3) is 0.407. The summed E-state index contributed by atoms with van der Waals surface area (Å²) in [6, 6.07) is 10.8. The first-order chi connectivity index (χ1) is 18.7. The molecule has 9 nitrogen and oxygen atoms in total. The zero-order chi connectivity index (χ0) is 27.6. The van der Waals surface area contributed by atoms with Crippen molar-refractivity contribution in [1.29, 1.82) is 0 Å². The maximum atomic E-state index is 12.5. The molecule has 0 saturated carbocycles. The zero-order valence-electron chi connectivity index (χ0n) is 21.4. The van der Waals surface area contributed by atoms with E-state index in [1.165, 1.54) is 4.90 Å². The van der Waals surface area contributed by atoms with E-state index in [0.717, 1.165) is 24.5 Å². The molecule has 4 heterocycles. The molecule has 1 aromatic carbocycles. The molecule has 204 valence electrons. The number of phenolic OH excluding ortho intramolecular Hbond substituents is 1. The van der Waals surface area contributed by atoms with Gasteiger partial charge in [0, 0.05) is 56.4 Å². The minimum atomic E-state index is -4.19. The number of aromatic hydroxyl groups is 1. The number of rotatable bonds is 4. The monoisotopic (exact) mass is 538 g/mol. The van der Waals surface area contributed by atoms with Gasteiger partial charge in [-0.25, -0.2) is 9.97 Å². The molecule has 2 fully saturated rings. The fourth-order valence-corrected chi connectivity index (χ4v) is 4.89. The molecule has 2 aliphatic heterocycles. The molecule has 2 saturated heterocycles. The maximum Gasteiger partial charge on any atom is 0.401 e. The standard InChI is InChI=1S/C27H29F3N8O/c1-18-9-11-37(22-14-21(34-35-26(22)31)20-4-2-3-5-23(20)39)12-13-38(18)25-8-10-32-24(33-25)7-6-19-15-36(16-19)17-27(28,29)30/h2-5,8,10,14,18-19,39H,9,11-13,15-17H2,1H3,(H2,31,35)/t18-/m1/s1. The summed E-state index contributed by atoms with van der Waals surface area (Å²) in [7, 11) is 0. The van der Waals surface area contributed by atoms with Crippen molar-refractivity contribution in [2.45, 2.75) is 25.6 Å². The Labute approximate surface area is 224 Å². The number of likely N-dealkylation sites (tertiary alicyclic amines) is 1. The summed E-state index contributed by atoms with van der Waals surface area (Å²) in [6.07, 6.45) is -1.71. The van der Waals surface area contributed by atoms with Crippen LogP contribution in [0.4, 0.5) is 30.5 Å². The molecule has 12 heteroatoms. The summed E-state index contributed by atoms with van der Waals surface area (Å²) in [5.41, 5.74) is 8.09. The highest BCUT2D eigenvalue weighted by atomic mass is 19.4. The van der Waals surface area contributed by atoms with E-state index in [0.29, 0.717) is 49.1 Å². The van der Waals surface area contributed by atoms with Crippen molar-refractivity contribution in [2.75, 3.05) is 54.8 Å². The Morgan fingerprint density at radius 2 is 1.90 bits per heavy atom. The van der Waals surface area contributed by atoms with E-state index in [1.807, 2.05) is 18.2 Å². The molecule has 5 rings (SSSR count). The van der Waals surface area contributed by atoms with Gasteiger partial charge in [-0.3, -0.25) is 4.90 Å². The van der Waals surface area contributed by atoms with Crippen LogP contribution in [0.15, 0.2) is 42.6 Å². The molecule has 0 amide bonds. The summed E-state index contributed by atoms with van der Waals surface area (Å²) in [5.74, 6) is 7.36. The van der Waals surface area contributed by atoms with Gasteiger partial charge in [-0.1, -0.05) is 18.1 Å². The van der Waals surface area contributed by atoms with Crippen LogP contribution in [0.25, 0.3) is 11.3 Å². The molecular weight excluding hydrogens is 509 g/mol. The first-order valence-corrected chi connectivity index (χ1v) is 12.7. The van der Waals surface area contributed by atoms with Crippen LogP contribution in [0.5, 0.6) is 5.75 Å². The molecule has 2 aliphatic rings. The normalized spacial score (nSPS) is 18.7. The van der Waals surface area contributed by atoms with Crippen molar-refractivity contribution in [2.24, 2.45) is 5.92 Å². The van der Waals surface area contributed by atoms with E-state index in [2.05, 4.69) is 48.7 Å². The van der Waals surface area contributed by atoms with Crippen molar-refractivity contribution in [1.82, 2.24) is 25.1 Å². The first kappa shape index (κ1) is 26.5. The predicted octanol–water partition coefficient (Wildman–Crippen LogP) is 3.17. The molecule has 3 N–H and O–H groups in total. The summed E-state index contributed by atoms with van der Waals surface area (Å²) >= 11 is 0. The lowest BCUT2D eigenvalue weighted by atomic mass is 10.0. The first-order valence-electron chi connectivity index (χ1n) is 12.7. The Morgan fingerprint density at radius 1 is 1.10 bits per heavy atom. The highest BCUT2D eigenvalue weighted by Crippen LogP contribution is 2.32. The van der Waals surface area contributed by atoms with Crippen LogP contribution in [-0.2, 0) is 0 Å². The van der Waals surface area contributed by atoms with E-state index in [4.69, 9.17) is 5.73 Å². The summed E-state index contributed by atoms with van der Waals surface area (Å²) in [4.78, 5) is 14.6. The van der Waals surface area contributed by atoms with Crippen LogP contribution in [0.1, 0.15) is 19.2 Å². The third-order valence-corrected chi connectivity index (χ3v) is 6.97. The lowest BCUT2D eigenvalue weighted by Crippen LogP contribution is -2.49. The van der Waals surface area contributed by atoms with Gasteiger partial charge in [0.15, 0.2) is 5.82 Å². The molecule has 3 aromatic rings. The average Bonchev–Trinajstić information content (AvgIpc) is 3.07. The SMILES string of the molecule is C[C@@H]1CCN(c2cc(-c3ccccc3O)nnc2N)CCN1c1ccnc(C#CC2CN(CC(F)(F)F)C2)n1. The summed E-state index contributed by atoms with van der Waals surface area (Å²) in [6.45, 7) is 3.87. The molecule has 0 spiro atoms. The van der Waals surface area contributed by atoms with Crippen LogP contribution >= 0.6 is 0 Å². The van der Waals surface area contributed by atoms with Gasteiger partial charge in [-0.05, 0) is 43.5 Å². The molecule has 39 heavy (non-hydrogen) atoms. The third kappa shape index (κ3) is 6.31. The van der Waals surface area contributed by atoms with Gasteiger partial charge in [0.25, 0.3) is 0 Å². The van der Waals surface area contributed by atoms with E-state index >= 15 is 0 Å². The van der Waals surface area contributed by atoms with E-state index < -0.39 is 12.7 Å². The van der Waals surface area contributed by atoms with Crippen molar-refractivity contribution in [3.05, 3.63) is 48.4 Å². The predicted molar refractivity (Wildman–Crippen MR) is 142 cm³/mol. The fourth-order valence-electron chi connectivity index (χ4n) is 4.89. The van der Waals surface area contributed by atoms with Crippen molar-refractivity contribution in [3.8, 4) is 28.8 Å². The molecule has 0 bridgehead atoms. The van der Waals surface area contributed by atoms with Gasteiger partial charge < -0.3 is 20.6 Å². The summed E-state index contributed by atoms with van der Waals surface area (Å²) < 4.78 is 37.5. The number of nitrogens with two attached hydrogens (primary N) is 1. The second-order valence-electron chi connectivity index (χ2n) is 9.85. The molecule has 0 aliphatic carbocycles. The molecule has 0 radical (unpaired) electrons. The Hall–Kier alpha value is -4.11. The molecule has 2 aromatic heterocycles. The van der Waals surface area contributed by atoms with Crippen LogP contribution in [0.2, 0.25) is 0 Å². The number of alkyl halides is 3. The number of benzene rings is 1. The topological polar surface area (TPSA) is 108 Å². The van der Waals surface area contributed by atoms with E-state index in [-0.39, 0.29) is 17.7 Å². The van der Waals surface area contributed by atoms with Gasteiger partial charge in [0.1, 0.15) is 11.6 Å². The number of anilines is 3. The highest BCUT2D eigenvalue weighted by Gasteiger charge is 2.36. The number of para-hydroxylation sites is 1. The molecule has 0 unspecified atom stereocenters. The second-order valence-corrected chi connectivity index (χ2v) is 9.85. The van der Waals surface area contributed by atoms with Crippen LogP contribution in [0, 0.1) is 17.8 Å². The van der Waals surface area contributed by atoms with Crippen molar-refractivity contribution in [3.63, 3.8) is 0 Å². The number of aromatic nitrogens is 4. The van der Waals surface area contributed by atoms with E-state index in [9.17, 15) is 18.3 Å². The smallest absolute Gasteiger partial charge is 0.401 e. The zero-order valence-corrected chi connectivity index (χ0v) is 21.4. The van der Waals surface area contributed by atoms with Gasteiger partial charge in [-0.15, -0.1) is 10.2 Å². The van der Waals surface area contributed by atoms with Crippen LogP contribution < -0.4 is 15.5 Å². The highest BCUT2D eigenvalue weighted by molar-refractivity contribution is 5.74. The number of halogens is 3. The Balaban J connectivity index is 1.27. The lowest BCUT2D eigenvalue weighted by molar-refractivity contribution is -0.156. The quantitative estimate of drug-likeness (QED) is 0.485. The second kappa shape index (κ2) is 10.9. The molecular formula is C27H29F3N8O. The largest absolute Gasteiger partial charge is 0.507 e. The third-order valence-electron chi connectivity index (χ3n) is 6.97. The van der Waals surface area contributed by atoms with E-state index in [1.54, 1.807) is 24.4 Å². The maximum absolute atomic E-state index is 12.5. The number of phenols is 1. The number of hydrogen-bond donors (Lipinski definition) is 2. The number of hydrogen-bond acceptors (Lipinski definition) is 9. The Kier molecular flexibility index (Phi) is 7.43. The van der Waals surface area contributed by atoms with Gasteiger partial charge >= 0.3 is 6.18 Å². The summed E-state index contributed by atoms with van der Waals surface area (Å²) in [5, 5.41) is 18.6. The number of nitrogen functional groups attached to an aromatic ring is 1. The van der Waals surface area contributed by atoms with Crippen LogP contribution in [-0.4, -0.2) is 81.7 Å². The van der Waals surface area contributed by atoms with Crippen LogP contribution in [0.3, 0.4) is 0 Å². The number of nitrogens with zero attached hydrogens (tertiary/aromatic N) is 7. The average molecular weight is 539 g/mol. The van der Waals surface area contributed by atoms with Gasteiger partial charge in [0.2, 0.25) is 5.82 Å². The van der Waals surface area contributed by atoms with Gasteiger partial charge in [0.05, 0.1) is 17.9 Å². The lowest BCUT2D eigenvalue weighted by Gasteiger charge is -2.36. The van der Waals surface area contributed by atoms with Crippen molar-refractivity contribution < 1.29 is 18.3 Å².